The van der Waals surface area contributed by atoms with Gasteiger partial charge in [-0.15, -0.1) is 11.8 Å². The van der Waals surface area contributed by atoms with E-state index in [2.05, 4.69) is 67.7 Å². The summed E-state index contributed by atoms with van der Waals surface area (Å²) in [6, 6.07) is 17.0. The van der Waals surface area contributed by atoms with E-state index in [0.717, 1.165) is 4.90 Å². The molecule has 3 heteroatoms. The number of thioether (sulfide) groups is 1. The maximum atomic E-state index is 12.3. The van der Waals surface area contributed by atoms with Gasteiger partial charge < -0.3 is 5.32 Å². The third-order valence-electron chi connectivity index (χ3n) is 4.24. The second kappa shape index (κ2) is 7.22. The second-order valence-electron chi connectivity index (χ2n) is 6.40. The highest BCUT2D eigenvalue weighted by Crippen LogP contribution is 2.41. The monoisotopic (exact) mass is 325 g/mol. The van der Waals surface area contributed by atoms with Crippen LogP contribution in [-0.2, 0) is 4.79 Å². The van der Waals surface area contributed by atoms with Gasteiger partial charge in [-0.1, -0.05) is 47.5 Å². The number of benzene rings is 2. The molecule has 120 valence electrons. The van der Waals surface area contributed by atoms with Crippen LogP contribution in [0.2, 0.25) is 0 Å². The molecule has 0 bridgehead atoms. The standard InChI is InChI=1S/C20H23NOS/c1-14-3-7-16(8-4-14)20(17-9-10-17)21-19(22)13-23-18-11-5-15(2)6-12-18/h3-8,11-12,17,20H,9-10,13H2,1-2H3,(H,21,22)/t20-/m1/s1. The van der Waals surface area contributed by atoms with Gasteiger partial charge in [0.05, 0.1) is 11.8 Å². The number of aryl methyl sites for hydroxylation is 2. The van der Waals surface area contributed by atoms with Crippen LogP contribution < -0.4 is 5.32 Å². The molecule has 0 saturated heterocycles. The molecule has 2 aromatic carbocycles. The van der Waals surface area contributed by atoms with Crippen LogP contribution in [0.15, 0.2) is 53.4 Å². The van der Waals surface area contributed by atoms with Crippen molar-refractivity contribution >= 4 is 17.7 Å². The molecule has 1 saturated carbocycles. The molecule has 1 fully saturated rings. The Bertz CT molecular complexity index is 659. The van der Waals surface area contributed by atoms with Crippen LogP contribution >= 0.6 is 11.8 Å². The van der Waals surface area contributed by atoms with E-state index in [9.17, 15) is 4.79 Å². The number of hydrogen-bond donors (Lipinski definition) is 1. The lowest BCUT2D eigenvalue weighted by molar-refractivity contribution is -0.119. The summed E-state index contributed by atoms with van der Waals surface area (Å²) in [5, 5.41) is 3.24. The highest BCUT2D eigenvalue weighted by molar-refractivity contribution is 8.00. The summed E-state index contributed by atoms with van der Waals surface area (Å²) in [7, 11) is 0. The lowest BCUT2D eigenvalue weighted by Gasteiger charge is -2.19. The predicted octanol–water partition coefficient (Wildman–Crippen LogP) is 4.66. The van der Waals surface area contributed by atoms with Gasteiger partial charge in [-0.2, -0.15) is 0 Å². The molecule has 0 aromatic heterocycles. The molecule has 1 aliphatic carbocycles. The Morgan fingerprint density at radius 1 is 1.04 bits per heavy atom. The molecule has 2 aromatic rings. The first-order valence-electron chi connectivity index (χ1n) is 8.17. The van der Waals surface area contributed by atoms with E-state index in [0.29, 0.717) is 11.7 Å². The van der Waals surface area contributed by atoms with Crippen molar-refractivity contribution in [2.24, 2.45) is 5.92 Å². The molecule has 0 spiro atoms. The first-order chi connectivity index (χ1) is 11.1. The molecule has 23 heavy (non-hydrogen) atoms. The molecule has 0 radical (unpaired) electrons. The topological polar surface area (TPSA) is 29.1 Å². The van der Waals surface area contributed by atoms with Crippen molar-refractivity contribution in [3.63, 3.8) is 0 Å². The number of nitrogens with one attached hydrogen (secondary N) is 1. The number of rotatable bonds is 6. The zero-order valence-electron chi connectivity index (χ0n) is 13.7. The highest BCUT2D eigenvalue weighted by atomic mass is 32.2. The largest absolute Gasteiger partial charge is 0.348 e. The van der Waals surface area contributed by atoms with E-state index in [1.807, 2.05) is 0 Å². The van der Waals surface area contributed by atoms with Crippen molar-refractivity contribution in [2.45, 2.75) is 37.6 Å². The van der Waals surface area contributed by atoms with Crippen molar-refractivity contribution in [3.8, 4) is 0 Å². The van der Waals surface area contributed by atoms with Crippen molar-refractivity contribution in [1.29, 1.82) is 0 Å². The number of carbonyl (C=O) groups is 1. The van der Waals surface area contributed by atoms with Crippen LogP contribution in [0.3, 0.4) is 0 Å². The first kappa shape index (κ1) is 16.1. The molecule has 1 atom stereocenters. The normalized spacial score (nSPS) is 15.2. The summed E-state index contributed by atoms with van der Waals surface area (Å²) < 4.78 is 0. The fraction of sp³-hybridized carbons (Fsp3) is 0.350. The molecule has 1 aliphatic rings. The summed E-state index contributed by atoms with van der Waals surface area (Å²) in [5.41, 5.74) is 3.73. The average Bonchev–Trinajstić information content (AvgIpc) is 3.38. The van der Waals surface area contributed by atoms with Gasteiger partial charge in [0.15, 0.2) is 0 Å². The van der Waals surface area contributed by atoms with Crippen LogP contribution in [0.25, 0.3) is 0 Å². The highest BCUT2D eigenvalue weighted by Gasteiger charge is 2.33. The first-order valence-corrected chi connectivity index (χ1v) is 9.16. The van der Waals surface area contributed by atoms with E-state index in [-0.39, 0.29) is 11.9 Å². The van der Waals surface area contributed by atoms with Gasteiger partial charge in [0.1, 0.15) is 0 Å². The smallest absolute Gasteiger partial charge is 0.230 e. The minimum absolute atomic E-state index is 0.119. The van der Waals surface area contributed by atoms with Gasteiger partial charge in [0, 0.05) is 4.90 Å². The zero-order valence-corrected chi connectivity index (χ0v) is 14.5. The Hall–Kier alpha value is -1.74. The van der Waals surface area contributed by atoms with Gasteiger partial charge >= 0.3 is 0 Å². The van der Waals surface area contributed by atoms with E-state index in [4.69, 9.17) is 0 Å². The fourth-order valence-corrected chi connectivity index (χ4v) is 3.38. The molecule has 3 rings (SSSR count). The maximum Gasteiger partial charge on any atom is 0.230 e. The van der Waals surface area contributed by atoms with E-state index < -0.39 is 0 Å². The van der Waals surface area contributed by atoms with E-state index >= 15 is 0 Å². The Kier molecular flexibility index (Phi) is 5.06. The zero-order chi connectivity index (χ0) is 16.2. The Balaban J connectivity index is 1.58. The quantitative estimate of drug-likeness (QED) is 0.782. The van der Waals surface area contributed by atoms with Gasteiger partial charge in [0.25, 0.3) is 0 Å². The lowest BCUT2D eigenvalue weighted by atomic mass is 10.0. The summed E-state index contributed by atoms with van der Waals surface area (Å²) in [5.74, 6) is 1.19. The van der Waals surface area contributed by atoms with Crippen LogP contribution in [0.5, 0.6) is 0 Å². The third-order valence-corrected chi connectivity index (χ3v) is 5.25. The van der Waals surface area contributed by atoms with Crippen LogP contribution in [0, 0.1) is 19.8 Å². The van der Waals surface area contributed by atoms with Crippen LogP contribution in [-0.4, -0.2) is 11.7 Å². The second-order valence-corrected chi connectivity index (χ2v) is 7.44. The number of carbonyl (C=O) groups excluding carboxylic acids is 1. The van der Waals surface area contributed by atoms with Crippen molar-refractivity contribution in [1.82, 2.24) is 5.32 Å². The Morgan fingerprint density at radius 2 is 1.61 bits per heavy atom. The average molecular weight is 325 g/mol. The van der Waals surface area contributed by atoms with Crippen LogP contribution in [0.1, 0.15) is 35.6 Å². The summed E-state index contributed by atoms with van der Waals surface area (Å²) >= 11 is 1.60. The number of hydrogen-bond acceptors (Lipinski definition) is 2. The summed E-state index contributed by atoms with van der Waals surface area (Å²) in [6.45, 7) is 4.16. The minimum atomic E-state index is 0.119. The molecule has 0 heterocycles. The molecule has 0 unspecified atom stereocenters. The van der Waals surface area contributed by atoms with Crippen LogP contribution in [0.4, 0.5) is 0 Å². The van der Waals surface area contributed by atoms with Gasteiger partial charge in [-0.25, -0.2) is 0 Å². The molecule has 2 nitrogen and oxygen atoms in total. The number of amides is 1. The maximum absolute atomic E-state index is 12.3. The van der Waals surface area contributed by atoms with E-state index in [1.54, 1.807) is 11.8 Å². The molecular formula is C20H23NOS. The van der Waals surface area contributed by atoms with Crippen molar-refractivity contribution in [2.75, 3.05) is 5.75 Å². The molecule has 0 aliphatic heterocycles. The Morgan fingerprint density at radius 3 is 2.17 bits per heavy atom. The van der Waals surface area contributed by atoms with E-state index in [1.165, 1.54) is 29.5 Å². The molecular weight excluding hydrogens is 302 g/mol. The minimum Gasteiger partial charge on any atom is -0.348 e. The third kappa shape index (κ3) is 4.61. The van der Waals surface area contributed by atoms with Crippen molar-refractivity contribution < 1.29 is 4.79 Å². The molecule has 1 amide bonds. The fourth-order valence-electron chi connectivity index (χ4n) is 2.68. The summed E-state index contributed by atoms with van der Waals surface area (Å²) in [6.07, 6.45) is 2.42. The van der Waals surface area contributed by atoms with Gasteiger partial charge in [-0.3, -0.25) is 4.79 Å². The molecule has 1 N–H and O–H groups in total. The van der Waals surface area contributed by atoms with Gasteiger partial charge in [-0.05, 0) is 50.3 Å². The lowest BCUT2D eigenvalue weighted by Crippen LogP contribution is -2.31. The Labute approximate surface area is 142 Å². The summed E-state index contributed by atoms with van der Waals surface area (Å²) in [4.78, 5) is 13.5. The predicted molar refractivity (Wildman–Crippen MR) is 96.7 cm³/mol. The SMILES string of the molecule is Cc1ccc(SCC(=O)N[C@H](c2ccc(C)cc2)C2CC2)cc1. The van der Waals surface area contributed by atoms with Crippen molar-refractivity contribution in [3.05, 3.63) is 65.2 Å². The van der Waals surface area contributed by atoms with Gasteiger partial charge in [0.2, 0.25) is 5.91 Å².